The van der Waals surface area contributed by atoms with Crippen LogP contribution in [0.5, 0.6) is 0 Å². The lowest BCUT2D eigenvalue weighted by Gasteiger charge is -2.20. The minimum Gasteiger partial charge on any atom is -0.372 e. The fraction of sp³-hybridized carbons (Fsp3) is 0.240. The van der Waals surface area contributed by atoms with Gasteiger partial charge in [0, 0.05) is 25.8 Å². The maximum atomic E-state index is 13.3. The summed E-state index contributed by atoms with van der Waals surface area (Å²) in [4.78, 5) is 30.5. The molecule has 0 unspecified atom stereocenters. The number of amides is 1. The molecule has 4 rings (SSSR count). The number of thioether (sulfide) groups is 1. The largest absolute Gasteiger partial charge is 0.372 e. The maximum absolute atomic E-state index is 13.3. The fourth-order valence-corrected chi connectivity index (χ4v) is 4.87. The number of carbonyl (C=O) groups excluding carboxylic acids is 1. The van der Waals surface area contributed by atoms with Crippen molar-refractivity contribution in [3.8, 4) is 5.69 Å². The molecule has 0 aliphatic carbocycles. The van der Waals surface area contributed by atoms with Gasteiger partial charge in [0.2, 0.25) is 0 Å². The van der Waals surface area contributed by atoms with Crippen molar-refractivity contribution in [1.82, 2.24) is 9.36 Å². The van der Waals surface area contributed by atoms with E-state index in [4.69, 9.17) is 5.41 Å². The molecule has 0 spiro atoms. The number of nitrogens with zero attached hydrogens (tertiary/aromatic N) is 4. The Morgan fingerprint density at radius 1 is 1.00 bits per heavy atom. The predicted octanol–water partition coefficient (Wildman–Crippen LogP) is 4.39. The predicted molar refractivity (Wildman–Crippen MR) is 137 cm³/mol. The molecule has 0 saturated carbocycles. The molecule has 170 valence electrons. The molecule has 2 heterocycles. The summed E-state index contributed by atoms with van der Waals surface area (Å²) in [6.07, 6.45) is 1.78. The molecule has 1 N–H and O–H groups in total. The van der Waals surface area contributed by atoms with Crippen LogP contribution >= 0.6 is 11.8 Å². The van der Waals surface area contributed by atoms with Crippen LogP contribution in [0.2, 0.25) is 0 Å². The first-order valence-electron chi connectivity index (χ1n) is 10.9. The highest BCUT2D eigenvalue weighted by atomic mass is 32.2. The van der Waals surface area contributed by atoms with Gasteiger partial charge in [-0.3, -0.25) is 19.7 Å². The molecular weight excluding hydrogens is 434 g/mol. The van der Waals surface area contributed by atoms with Crippen molar-refractivity contribution in [2.24, 2.45) is 7.05 Å². The van der Waals surface area contributed by atoms with Gasteiger partial charge in [0.1, 0.15) is 5.69 Å². The van der Waals surface area contributed by atoms with Gasteiger partial charge in [0.25, 0.3) is 11.5 Å². The number of benzene rings is 2. The van der Waals surface area contributed by atoms with Crippen molar-refractivity contribution in [3.05, 3.63) is 81.1 Å². The third-order valence-electron chi connectivity index (χ3n) is 5.89. The standard InChI is InChI=1S/C25H27N5O2S/c1-5-28(6-2)19-14-12-18(13-15-19)16-21-23(31)29(25(26)33-21)22-17(3)27(4)30(24(22)32)20-10-8-7-9-11-20/h7-16,26H,5-6H2,1-4H3/b21-16-,26-25?. The van der Waals surface area contributed by atoms with Gasteiger partial charge in [-0.1, -0.05) is 30.3 Å². The molecule has 33 heavy (non-hydrogen) atoms. The lowest BCUT2D eigenvalue weighted by Crippen LogP contribution is -2.33. The van der Waals surface area contributed by atoms with Crippen LogP contribution in [0.3, 0.4) is 0 Å². The van der Waals surface area contributed by atoms with E-state index in [9.17, 15) is 9.59 Å². The van der Waals surface area contributed by atoms with Crippen LogP contribution in [0.25, 0.3) is 11.8 Å². The summed E-state index contributed by atoms with van der Waals surface area (Å²) in [7, 11) is 1.78. The van der Waals surface area contributed by atoms with Gasteiger partial charge >= 0.3 is 0 Å². The van der Waals surface area contributed by atoms with Crippen molar-refractivity contribution in [1.29, 1.82) is 5.41 Å². The molecule has 7 nitrogen and oxygen atoms in total. The van der Waals surface area contributed by atoms with Crippen LogP contribution in [-0.2, 0) is 11.8 Å². The Kier molecular flexibility index (Phi) is 6.29. The number of rotatable bonds is 6. The van der Waals surface area contributed by atoms with Gasteiger partial charge in [-0.15, -0.1) is 0 Å². The second kappa shape index (κ2) is 9.15. The molecule has 8 heteroatoms. The Bertz CT molecular complexity index is 1280. The number of amidine groups is 1. The topological polar surface area (TPSA) is 74.3 Å². The number of hydrogen-bond donors (Lipinski definition) is 1. The zero-order valence-electron chi connectivity index (χ0n) is 19.2. The lowest BCUT2D eigenvalue weighted by atomic mass is 10.1. The molecule has 0 bridgehead atoms. The van der Waals surface area contributed by atoms with E-state index < -0.39 is 0 Å². The van der Waals surface area contributed by atoms with E-state index in [-0.39, 0.29) is 22.3 Å². The maximum Gasteiger partial charge on any atom is 0.296 e. The molecule has 1 aromatic heterocycles. The molecule has 3 aromatic rings. The molecule has 1 fully saturated rings. The van der Waals surface area contributed by atoms with Crippen LogP contribution in [0.4, 0.5) is 11.4 Å². The summed E-state index contributed by atoms with van der Waals surface area (Å²) >= 11 is 1.07. The first kappa shape index (κ1) is 22.7. The second-order valence-corrected chi connectivity index (χ2v) is 8.76. The van der Waals surface area contributed by atoms with E-state index in [1.807, 2.05) is 54.6 Å². The SMILES string of the molecule is CCN(CC)c1ccc(/C=C2\SC(=N)N(c3c(C)n(C)n(-c4ccccc4)c3=O)C2=O)cc1. The van der Waals surface area contributed by atoms with Gasteiger partial charge in [-0.2, -0.15) is 0 Å². The van der Waals surface area contributed by atoms with Crippen molar-refractivity contribution < 1.29 is 4.79 Å². The number of para-hydroxylation sites is 1. The summed E-state index contributed by atoms with van der Waals surface area (Å²) < 4.78 is 3.23. The Morgan fingerprint density at radius 2 is 1.64 bits per heavy atom. The van der Waals surface area contributed by atoms with E-state index in [1.54, 1.807) is 24.7 Å². The van der Waals surface area contributed by atoms with E-state index in [1.165, 1.54) is 9.58 Å². The zero-order chi connectivity index (χ0) is 23.7. The third kappa shape index (κ3) is 4.02. The number of anilines is 2. The Labute approximate surface area is 197 Å². The summed E-state index contributed by atoms with van der Waals surface area (Å²) in [5.74, 6) is -0.358. The van der Waals surface area contributed by atoms with Crippen LogP contribution < -0.4 is 15.4 Å². The number of hydrogen-bond acceptors (Lipinski definition) is 5. The number of carbonyl (C=O) groups is 1. The minimum atomic E-state index is -0.358. The summed E-state index contributed by atoms with van der Waals surface area (Å²) in [6, 6.07) is 17.3. The molecule has 1 saturated heterocycles. The monoisotopic (exact) mass is 461 g/mol. The van der Waals surface area contributed by atoms with Gasteiger partial charge in [-0.05, 0) is 68.4 Å². The summed E-state index contributed by atoms with van der Waals surface area (Å²) in [6.45, 7) is 7.87. The summed E-state index contributed by atoms with van der Waals surface area (Å²) in [5.41, 5.74) is 3.21. The minimum absolute atomic E-state index is 0.0250. The Hall–Kier alpha value is -3.52. The van der Waals surface area contributed by atoms with Crippen LogP contribution in [0.15, 0.2) is 64.3 Å². The van der Waals surface area contributed by atoms with E-state index in [0.29, 0.717) is 16.3 Å². The number of nitrogens with one attached hydrogen (secondary N) is 1. The smallest absolute Gasteiger partial charge is 0.296 e. The van der Waals surface area contributed by atoms with E-state index >= 15 is 0 Å². The van der Waals surface area contributed by atoms with Crippen LogP contribution in [0.1, 0.15) is 25.1 Å². The average Bonchev–Trinajstić information content (AvgIpc) is 3.21. The normalized spacial score (nSPS) is 15.0. The molecule has 0 atom stereocenters. The highest BCUT2D eigenvalue weighted by molar-refractivity contribution is 8.19. The molecule has 1 aliphatic rings. The van der Waals surface area contributed by atoms with Gasteiger partial charge in [-0.25, -0.2) is 9.58 Å². The van der Waals surface area contributed by atoms with E-state index in [0.717, 1.165) is 36.1 Å². The zero-order valence-corrected chi connectivity index (χ0v) is 20.0. The van der Waals surface area contributed by atoms with Crippen molar-refractivity contribution in [2.45, 2.75) is 20.8 Å². The molecular formula is C25H27N5O2S. The van der Waals surface area contributed by atoms with Crippen molar-refractivity contribution >= 4 is 40.3 Å². The highest BCUT2D eigenvalue weighted by Gasteiger charge is 2.37. The van der Waals surface area contributed by atoms with Gasteiger partial charge < -0.3 is 4.90 Å². The fourth-order valence-electron chi connectivity index (χ4n) is 4.02. The van der Waals surface area contributed by atoms with E-state index in [2.05, 4.69) is 18.7 Å². The quantitative estimate of drug-likeness (QED) is 0.553. The number of aromatic nitrogens is 2. The first-order valence-corrected chi connectivity index (χ1v) is 11.7. The molecule has 1 amide bonds. The Morgan fingerprint density at radius 3 is 2.24 bits per heavy atom. The van der Waals surface area contributed by atoms with Crippen molar-refractivity contribution in [2.75, 3.05) is 22.9 Å². The average molecular weight is 462 g/mol. The molecule has 1 aliphatic heterocycles. The molecule has 2 aromatic carbocycles. The lowest BCUT2D eigenvalue weighted by molar-refractivity contribution is -0.113. The second-order valence-electron chi connectivity index (χ2n) is 7.73. The molecule has 0 radical (unpaired) electrons. The van der Waals surface area contributed by atoms with Crippen molar-refractivity contribution in [3.63, 3.8) is 0 Å². The van der Waals surface area contributed by atoms with Gasteiger partial charge in [0.15, 0.2) is 5.17 Å². The van der Waals surface area contributed by atoms with Crippen LogP contribution in [-0.4, -0.2) is 33.5 Å². The van der Waals surface area contributed by atoms with Crippen LogP contribution in [0, 0.1) is 12.3 Å². The van der Waals surface area contributed by atoms with Gasteiger partial charge in [0.05, 0.1) is 16.3 Å². The highest BCUT2D eigenvalue weighted by Crippen LogP contribution is 2.35. The summed E-state index contributed by atoms with van der Waals surface area (Å²) in [5, 5.41) is 8.48. The Balaban J connectivity index is 1.68. The third-order valence-corrected chi connectivity index (χ3v) is 6.78. The first-order chi connectivity index (χ1) is 15.9.